The van der Waals surface area contributed by atoms with Gasteiger partial charge in [-0.3, -0.25) is 4.79 Å². The summed E-state index contributed by atoms with van der Waals surface area (Å²) in [4.78, 5) is 12.6. The summed E-state index contributed by atoms with van der Waals surface area (Å²) in [6.07, 6.45) is 0. The summed E-state index contributed by atoms with van der Waals surface area (Å²) < 4.78 is 26.0. The number of anilines is 1. The Morgan fingerprint density at radius 2 is 1.84 bits per heavy atom. The molecule has 0 saturated carbocycles. The molecule has 2 nitrogen and oxygen atoms in total. The highest BCUT2D eigenvalue weighted by atomic mass is 32.2. The third kappa shape index (κ3) is 4.06. The number of hydrogen-bond donors (Lipinski definition) is 1. The highest BCUT2D eigenvalue weighted by molar-refractivity contribution is 8.00. The number of nitrogens with one attached hydrogen (secondary N) is 1. The van der Waals surface area contributed by atoms with E-state index in [4.69, 9.17) is 0 Å². The molecule has 2 aromatic carbocycles. The molecule has 0 bridgehead atoms. The van der Waals surface area contributed by atoms with Crippen LogP contribution in [0.5, 0.6) is 0 Å². The Morgan fingerprint density at radius 1 is 1.11 bits per heavy atom. The summed E-state index contributed by atoms with van der Waals surface area (Å²) in [6, 6.07) is 12.4. The molecule has 1 amide bonds. The zero-order valence-electron chi connectivity index (χ0n) is 9.90. The molecule has 0 spiro atoms. The van der Waals surface area contributed by atoms with Crippen LogP contribution in [0, 0.1) is 11.6 Å². The molecular weight excluding hydrogens is 268 g/mol. The molecule has 0 atom stereocenters. The average Bonchev–Trinajstić information content (AvgIpc) is 2.41. The molecular formula is C14H11F2NOS. The molecule has 5 heteroatoms. The van der Waals surface area contributed by atoms with Crippen molar-refractivity contribution in [2.45, 2.75) is 4.90 Å². The van der Waals surface area contributed by atoms with Crippen LogP contribution in [0.25, 0.3) is 0 Å². The third-order valence-corrected chi connectivity index (χ3v) is 3.33. The van der Waals surface area contributed by atoms with E-state index in [0.29, 0.717) is 0 Å². The minimum atomic E-state index is -0.780. The van der Waals surface area contributed by atoms with Gasteiger partial charge in [0.1, 0.15) is 11.6 Å². The fourth-order valence-electron chi connectivity index (χ4n) is 1.44. The van der Waals surface area contributed by atoms with Crippen LogP contribution in [-0.4, -0.2) is 11.7 Å². The molecule has 0 aliphatic heterocycles. The minimum Gasteiger partial charge on any atom is -0.323 e. The Morgan fingerprint density at radius 3 is 2.53 bits per heavy atom. The van der Waals surface area contributed by atoms with Gasteiger partial charge in [-0.1, -0.05) is 18.2 Å². The Kier molecular flexibility index (Phi) is 4.52. The fourth-order valence-corrected chi connectivity index (χ4v) is 2.16. The molecule has 0 aromatic heterocycles. The molecule has 1 N–H and O–H groups in total. The summed E-state index contributed by atoms with van der Waals surface area (Å²) >= 11 is 1.35. The molecule has 0 fully saturated rings. The fraction of sp³-hybridized carbons (Fsp3) is 0.0714. The Balaban J connectivity index is 1.91. The van der Waals surface area contributed by atoms with E-state index in [1.54, 1.807) is 0 Å². The van der Waals surface area contributed by atoms with Gasteiger partial charge in [0.05, 0.1) is 11.4 Å². The molecule has 0 aliphatic rings. The van der Waals surface area contributed by atoms with E-state index in [-0.39, 0.29) is 17.3 Å². The van der Waals surface area contributed by atoms with E-state index in [0.717, 1.165) is 17.0 Å². The van der Waals surface area contributed by atoms with Crippen molar-refractivity contribution in [2.24, 2.45) is 0 Å². The van der Waals surface area contributed by atoms with Crippen LogP contribution in [0.2, 0.25) is 0 Å². The summed E-state index contributed by atoms with van der Waals surface area (Å²) in [5.74, 6) is -1.62. The van der Waals surface area contributed by atoms with Crippen LogP contribution in [0.3, 0.4) is 0 Å². The van der Waals surface area contributed by atoms with Gasteiger partial charge >= 0.3 is 0 Å². The Bertz CT molecular complexity index is 575. The first kappa shape index (κ1) is 13.5. The van der Waals surface area contributed by atoms with Crippen molar-refractivity contribution < 1.29 is 13.6 Å². The van der Waals surface area contributed by atoms with Crippen molar-refractivity contribution in [3.63, 3.8) is 0 Å². The first-order valence-electron chi connectivity index (χ1n) is 5.58. The number of carbonyl (C=O) groups excluding carboxylic acids is 1. The first-order valence-corrected chi connectivity index (χ1v) is 6.56. The number of hydrogen-bond acceptors (Lipinski definition) is 2. The lowest BCUT2D eigenvalue weighted by Crippen LogP contribution is -2.15. The van der Waals surface area contributed by atoms with Gasteiger partial charge in [-0.2, -0.15) is 0 Å². The van der Waals surface area contributed by atoms with Crippen molar-refractivity contribution >= 4 is 23.4 Å². The summed E-state index contributed by atoms with van der Waals surface area (Å²) in [6.45, 7) is 0. The molecule has 0 unspecified atom stereocenters. The summed E-state index contributed by atoms with van der Waals surface area (Å²) in [5.41, 5.74) is -0.0138. The van der Waals surface area contributed by atoms with Crippen molar-refractivity contribution in [3.05, 3.63) is 60.2 Å². The molecule has 98 valence electrons. The van der Waals surface area contributed by atoms with Gasteiger partial charge in [0, 0.05) is 11.0 Å². The summed E-state index contributed by atoms with van der Waals surface area (Å²) in [7, 11) is 0. The number of amides is 1. The maximum absolute atomic E-state index is 13.3. The molecule has 0 radical (unpaired) electrons. The van der Waals surface area contributed by atoms with Crippen molar-refractivity contribution in [3.8, 4) is 0 Å². The smallest absolute Gasteiger partial charge is 0.234 e. The number of carbonyl (C=O) groups is 1. The second-order valence-corrected chi connectivity index (χ2v) is 4.82. The maximum Gasteiger partial charge on any atom is 0.234 e. The zero-order valence-corrected chi connectivity index (χ0v) is 10.7. The first-order chi connectivity index (χ1) is 9.15. The van der Waals surface area contributed by atoms with E-state index in [1.165, 1.54) is 17.8 Å². The number of benzene rings is 2. The third-order valence-electron chi connectivity index (χ3n) is 2.32. The standard InChI is InChI=1S/C14H11F2NOS/c15-10-6-7-13(12(16)8-10)17-14(18)9-19-11-4-2-1-3-5-11/h1-8H,9H2,(H,17,18). The molecule has 19 heavy (non-hydrogen) atoms. The predicted molar refractivity (Wildman–Crippen MR) is 72.2 cm³/mol. The van der Waals surface area contributed by atoms with Crippen molar-refractivity contribution in [1.29, 1.82) is 0 Å². The lowest BCUT2D eigenvalue weighted by atomic mass is 10.3. The zero-order chi connectivity index (χ0) is 13.7. The van der Waals surface area contributed by atoms with E-state index in [2.05, 4.69) is 5.32 Å². The molecule has 0 saturated heterocycles. The Hall–Kier alpha value is -1.88. The SMILES string of the molecule is O=C(CSc1ccccc1)Nc1ccc(F)cc1F. The topological polar surface area (TPSA) is 29.1 Å². The van der Waals surface area contributed by atoms with Crippen LogP contribution < -0.4 is 5.32 Å². The van der Waals surface area contributed by atoms with Gasteiger partial charge in [-0.15, -0.1) is 11.8 Å². The van der Waals surface area contributed by atoms with Gasteiger partial charge in [-0.25, -0.2) is 8.78 Å². The van der Waals surface area contributed by atoms with Crippen molar-refractivity contribution in [2.75, 3.05) is 11.1 Å². The minimum absolute atomic E-state index is 0.0138. The quantitative estimate of drug-likeness (QED) is 0.865. The monoisotopic (exact) mass is 279 g/mol. The lowest BCUT2D eigenvalue weighted by molar-refractivity contribution is -0.113. The maximum atomic E-state index is 13.3. The van der Waals surface area contributed by atoms with Gasteiger partial charge in [0.15, 0.2) is 0 Å². The van der Waals surface area contributed by atoms with Gasteiger partial charge in [-0.05, 0) is 24.3 Å². The molecule has 2 aromatic rings. The van der Waals surface area contributed by atoms with E-state index >= 15 is 0 Å². The second-order valence-electron chi connectivity index (χ2n) is 3.77. The van der Waals surface area contributed by atoms with Crippen LogP contribution in [0.4, 0.5) is 14.5 Å². The average molecular weight is 279 g/mol. The van der Waals surface area contributed by atoms with Gasteiger partial charge in [0.25, 0.3) is 0 Å². The van der Waals surface area contributed by atoms with Gasteiger partial charge in [0.2, 0.25) is 5.91 Å². The van der Waals surface area contributed by atoms with Crippen LogP contribution in [-0.2, 0) is 4.79 Å². The van der Waals surface area contributed by atoms with Crippen LogP contribution >= 0.6 is 11.8 Å². The lowest BCUT2D eigenvalue weighted by Gasteiger charge is -2.06. The Labute approximate surface area is 113 Å². The van der Waals surface area contributed by atoms with E-state index in [1.807, 2.05) is 30.3 Å². The van der Waals surface area contributed by atoms with Gasteiger partial charge < -0.3 is 5.32 Å². The normalized spacial score (nSPS) is 10.2. The molecule has 2 rings (SSSR count). The predicted octanol–water partition coefficient (Wildman–Crippen LogP) is 3.70. The van der Waals surface area contributed by atoms with Crippen LogP contribution in [0.1, 0.15) is 0 Å². The highest BCUT2D eigenvalue weighted by Gasteiger charge is 2.08. The largest absolute Gasteiger partial charge is 0.323 e. The molecule has 0 aliphatic carbocycles. The number of halogens is 2. The molecule has 0 heterocycles. The van der Waals surface area contributed by atoms with Crippen LogP contribution in [0.15, 0.2) is 53.4 Å². The van der Waals surface area contributed by atoms with E-state index in [9.17, 15) is 13.6 Å². The van der Waals surface area contributed by atoms with E-state index < -0.39 is 11.6 Å². The van der Waals surface area contributed by atoms with Crippen molar-refractivity contribution in [1.82, 2.24) is 0 Å². The summed E-state index contributed by atoms with van der Waals surface area (Å²) in [5, 5.41) is 2.41. The highest BCUT2D eigenvalue weighted by Crippen LogP contribution is 2.19. The second kappa shape index (κ2) is 6.33. The number of thioether (sulfide) groups is 1. The number of rotatable bonds is 4.